The van der Waals surface area contributed by atoms with Gasteiger partial charge in [0.15, 0.2) is 5.13 Å². The van der Waals surface area contributed by atoms with E-state index in [-0.39, 0.29) is 6.03 Å². The molecule has 0 bridgehead atoms. The summed E-state index contributed by atoms with van der Waals surface area (Å²) in [7, 11) is 1.76. The summed E-state index contributed by atoms with van der Waals surface area (Å²) in [5.41, 5.74) is 0. The van der Waals surface area contributed by atoms with Crippen molar-refractivity contribution in [1.82, 2.24) is 9.88 Å². The van der Waals surface area contributed by atoms with E-state index in [0.29, 0.717) is 11.7 Å². The fourth-order valence-corrected chi connectivity index (χ4v) is 3.27. The number of halogens is 1. The number of nitrogens with one attached hydrogen (secondary N) is 1. The van der Waals surface area contributed by atoms with Crippen LogP contribution in [0.2, 0.25) is 0 Å². The molecule has 4 nitrogen and oxygen atoms in total. The summed E-state index contributed by atoms with van der Waals surface area (Å²) in [4.78, 5) is 18.6. The number of hydrogen-bond acceptors (Lipinski definition) is 4. The quantitative estimate of drug-likeness (QED) is 0.933. The Labute approximate surface area is 115 Å². The summed E-state index contributed by atoms with van der Waals surface area (Å²) in [6.45, 7) is 0.591. The van der Waals surface area contributed by atoms with Crippen molar-refractivity contribution < 1.29 is 4.79 Å². The molecule has 17 heavy (non-hydrogen) atoms. The lowest BCUT2D eigenvalue weighted by atomic mass is 10.4. The molecule has 0 radical (unpaired) electrons. The van der Waals surface area contributed by atoms with Crippen molar-refractivity contribution in [3.63, 3.8) is 0 Å². The van der Waals surface area contributed by atoms with Gasteiger partial charge in [-0.1, -0.05) is 0 Å². The zero-order valence-corrected chi connectivity index (χ0v) is 12.2. The summed E-state index contributed by atoms with van der Waals surface area (Å²) in [5, 5.41) is 5.18. The van der Waals surface area contributed by atoms with Crippen LogP contribution in [0.1, 0.15) is 4.88 Å². The number of thiophene rings is 1. The monoisotopic (exact) mass is 331 g/mol. The Hall–Kier alpha value is -0.920. The predicted octanol–water partition coefficient (Wildman–Crippen LogP) is 3.63. The number of carbonyl (C=O) groups is 1. The van der Waals surface area contributed by atoms with Crippen molar-refractivity contribution >= 4 is 49.8 Å². The number of aromatic nitrogens is 1. The predicted molar refractivity (Wildman–Crippen MR) is 74.6 cm³/mol. The smallest absolute Gasteiger partial charge is 0.322 e. The van der Waals surface area contributed by atoms with Crippen LogP contribution >= 0.6 is 38.6 Å². The molecular weight excluding hydrogens is 322 g/mol. The van der Waals surface area contributed by atoms with Crippen molar-refractivity contribution in [1.29, 1.82) is 0 Å². The number of urea groups is 1. The minimum absolute atomic E-state index is 0.149. The molecule has 2 heterocycles. The Balaban J connectivity index is 1.91. The summed E-state index contributed by atoms with van der Waals surface area (Å²) < 4.78 is 1.07. The molecule has 7 heteroatoms. The first kappa shape index (κ1) is 12.5. The molecule has 0 saturated heterocycles. The van der Waals surface area contributed by atoms with E-state index in [1.54, 1.807) is 29.5 Å². The van der Waals surface area contributed by atoms with E-state index in [1.807, 2.05) is 17.5 Å². The molecule has 2 amide bonds. The molecule has 2 rings (SSSR count). The fraction of sp³-hybridized carbons (Fsp3) is 0.200. The second-order valence-corrected chi connectivity index (χ2v) is 6.77. The van der Waals surface area contributed by atoms with E-state index in [0.717, 1.165) is 8.66 Å². The second-order valence-electron chi connectivity index (χ2n) is 3.33. The van der Waals surface area contributed by atoms with Gasteiger partial charge >= 0.3 is 6.03 Å². The van der Waals surface area contributed by atoms with E-state index in [1.165, 1.54) is 11.3 Å². The van der Waals surface area contributed by atoms with Crippen LogP contribution < -0.4 is 5.32 Å². The molecule has 0 unspecified atom stereocenters. The van der Waals surface area contributed by atoms with E-state index >= 15 is 0 Å². The number of anilines is 1. The standard InChI is InChI=1S/C10H10BrN3OS2/c1-14(6-7-2-3-8(11)17-7)10(15)13-9-12-4-5-16-9/h2-5H,6H2,1H3,(H,12,13,15). The van der Waals surface area contributed by atoms with Crippen molar-refractivity contribution in [3.8, 4) is 0 Å². The Morgan fingerprint density at radius 2 is 2.41 bits per heavy atom. The number of thiazole rings is 1. The first-order chi connectivity index (χ1) is 8.15. The third kappa shape index (κ3) is 3.52. The van der Waals surface area contributed by atoms with Crippen molar-refractivity contribution in [2.75, 3.05) is 12.4 Å². The van der Waals surface area contributed by atoms with Gasteiger partial charge in [-0.15, -0.1) is 22.7 Å². The molecule has 0 fully saturated rings. The Morgan fingerprint density at radius 1 is 1.59 bits per heavy atom. The maximum atomic E-state index is 11.8. The second kappa shape index (κ2) is 5.61. The molecule has 0 spiro atoms. The van der Waals surface area contributed by atoms with Gasteiger partial charge in [0, 0.05) is 23.5 Å². The third-order valence-electron chi connectivity index (χ3n) is 2.01. The number of carbonyl (C=O) groups excluding carboxylic acids is 1. The average molecular weight is 332 g/mol. The zero-order chi connectivity index (χ0) is 12.3. The van der Waals surface area contributed by atoms with Crippen LogP contribution in [-0.2, 0) is 6.54 Å². The molecule has 2 aromatic rings. The number of rotatable bonds is 3. The first-order valence-electron chi connectivity index (χ1n) is 4.81. The Morgan fingerprint density at radius 3 is 3.00 bits per heavy atom. The van der Waals surface area contributed by atoms with Gasteiger partial charge in [-0.05, 0) is 28.1 Å². The highest BCUT2D eigenvalue weighted by Gasteiger charge is 2.11. The molecule has 1 N–H and O–H groups in total. The summed E-state index contributed by atoms with van der Waals surface area (Å²) >= 11 is 6.43. The highest BCUT2D eigenvalue weighted by molar-refractivity contribution is 9.11. The summed E-state index contributed by atoms with van der Waals surface area (Å²) in [5.74, 6) is 0. The summed E-state index contributed by atoms with van der Waals surface area (Å²) in [6, 6.07) is 3.83. The SMILES string of the molecule is CN(Cc1ccc(Br)s1)C(=O)Nc1nccs1. The molecule has 2 aromatic heterocycles. The Bertz CT molecular complexity index is 497. The normalized spacial score (nSPS) is 10.2. The highest BCUT2D eigenvalue weighted by Crippen LogP contribution is 2.23. The van der Waals surface area contributed by atoms with Crippen LogP contribution in [0.5, 0.6) is 0 Å². The molecule has 0 atom stereocenters. The van der Waals surface area contributed by atoms with Gasteiger partial charge in [0.2, 0.25) is 0 Å². The Kier molecular flexibility index (Phi) is 4.14. The van der Waals surface area contributed by atoms with Gasteiger partial charge in [0.1, 0.15) is 0 Å². The zero-order valence-electron chi connectivity index (χ0n) is 9.01. The van der Waals surface area contributed by atoms with E-state index in [2.05, 4.69) is 26.2 Å². The van der Waals surface area contributed by atoms with Gasteiger partial charge in [0.25, 0.3) is 0 Å². The van der Waals surface area contributed by atoms with Crippen molar-refractivity contribution in [2.45, 2.75) is 6.54 Å². The highest BCUT2D eigenvalue weighted by atomic mass is 79.9. The first-order valence-corrected chi connectivity index (χ1v) is 7.30. The lowest BCUT2D eigenvalue weighted by Crippen LogP contribution is -2.30. The molecule has 0 aliphatic carbocycles. The van der Waals surface area contributed by atoms with Gasteiger partial charge in [-0.2, -0.15) is 0 Å². The van der Waals surface area contributed by atoms with E-state index in [9.17, 15) is 4.79 Å². The number of hydrogen-bond donors (Lipinski definition) is 1. The van der Waals surface area contributed by atoms with Gasteiger partial charge in [-0.3, -0.25) is 5.32 Å². The van der Waals surface area contributed by atoms with Crippen LogP contribution in [0.3, 0.4) is 0 Å². The van der Waals surface area contributed by atoms with Crippen LogP contribution in [0.15, 0.2) is 27.5 Å². The van der Waals surface area contributed by atoms with Crippen LogP contribution in [0, 0.1) is 0 Å². The molecule has 0 aromatic carbocycles. The topological polar surface area (TPSA) is 45.2 Å². The minimum atomic E-state index is -0.149. The largest absolute Gasteiger partial charge is 0.323 e. The molecule has 0 aliphatic rings. The van der Waals surface area contributed by atoms with Crippen molar-refractivity contribution in [3.05, 3.63) is 32.4 Å². The molecule has 0 saturated carbocycles. The van der Waals surface area contributed by atoms with Gasteiger partial charge in [-0.25, -0.2) is 9.78 Å². The maximum Gasteiger partial charge on any atom is 0.323 e. The average Bonchev–Trinajstić information content (AvgIpc) is 2.90. The lowest BCUT2D eigenvalue weighted by molar-refractivity contribution is 0.221. The van der Waals surface area contributed by atoms with Crippen molar-refractivity contribution in [2.24, 2.45) is 0 Å². The third-order valence-corrected chi connectivity index (χ3v) is 4.31. The number of nitrogens with zero attached hydrogens (tertiary/aromatic N) is 2. The number of amides is 2. The van der Waals surface area contributed by atoms with Crippen LogP contribution in [0.4, 0.5) is 9.93 Å². The van der Waals surface area contributed by atoms with Gasteiger partial charge in [0.05, 0.1) is 10.3 Å². The van der Waals surface area contributed by atoms with Crippen LogP contribution in [0.25, 0.3) is 0 Å². The summed E-state index contributed by atoms with van der Waals surface area (Å²) in [6.07, 6.45) is 1.66. The van der Waals surface area contributed by atoms with E-state index < -0.39 is 0 Å². The lowest BCUT2D eigenvalue weighted by Gasteiger charge is -2.15. The van der Waals surface area contributed by atoms with Gasteiger partial charge < -0.3 is 4.90 Å². The van der Waals surface area contributed by atoms with E-state index in [4.69, 9.17) is 0 Å². The van der Waals surface area contributed by atoms with Crippen LogP contribution in [-0.4, -0.2) is 23.0 Å². The molecule has 0 aliphatic heterocycles. The minimum Gasteiger partial charge on any atom is -0.322 e. The maximum absolute atomic E-state index is 11.8. The molecule has 90 valence electrons. The molecular formula is C10H10BrN3OS2. The fourth-order valence-electron chi connectivity index (χ4n) is 1.21.